The van der Waals surface area contributed by atoms with Crippen LogP contribution in [0.5, 0.6) is 0 Å². The van der Waals surface area contributed by atoms with Crippen LogP contribution >= 0.6 is 0 Å². The number of nitrogens with one attached hydrogen (secondary N) is 1. The van der Waals surface area contributed by atoms with Crippen molar-refractivity contribution in [1.29, 1.82) is 0 Å². The molecular formula is C26H31F2N5O3. The van der Waals surface area contributed by atoms with Gasteiger partial charge in [-0.15, -0.1) is 0 Å². The topological polar surface area (TPSA) is 109 Å². The summed E-state index contributed by atoms with van der Waals surface area (Å²) in [4.78, 5) is 45.1. The lowest BCUT2D eigenvalue weighted by molar-refractivity contribution is -0.149. The van der Waals surface area contributed by atoms with Gasteiger partial charge in [0.05, 0.1) is 11.9 Å². The van der Waals surface area contributed by atoms with Gasteiger partial charge in [-0.2, -0.15) is 0 Å². The van der Waals surface area contributed by atoms with Crippen LogP contribution in [0.2, 0.25) is 0 Å². The maximum Gasteiger partial charge on any atom is 0.313 e. The number of rotatable bonds is 3. The molecule has 3 N–H and O–H groups in total. The van der Waals surface area contributed by atoms with Gasteiger partial charge in [-0.05, 0) is 62.3 Å². The van der Waals surface area contributed by atoms with Gasteiger partial charge in [0.15, 0.2) is 11.6 Å². The molecule has 1 atom stereocenters. The summed E-state index contributed by atoms with van der Waals surface area (Å²) < 4.78 is 23.9. The molecular weight excluding hydrogens is 468 g/mol. The van der Waals surface area contributed by atoms with Crippen LogP contribution in [0.3, 0.4) is 0 Å². The molecule has 2 aliphatic carbocycles. The quantitative estimate of drug-likeness (QED) is 0.630. The Morgan fingerprint density at radius 1 is 1.11 bits per heavy atom. The second-order valence-electron chi connectivity index (χ2n) is 10.0. The lowest BCUT2D eigenvalue weighted by atomic mass is 10.1. The van der Waals surface area contributed by atoms with Crippen molar-refractivity contribution in [2.24, 2.45) is 5.41 Å². The molecule has 1 aromatic heterocycles. The highest BCUT2D eigenvalue weighted by molar-refractivity contribution is 6.39. The summed E-state index contributed by atoms with van der Waals surface area (Å²) in [5.74, 6) is -1.82. The van der Waals surface area contributed by atoms with E-state index in [1.54, 1.807) is 6.07 Å². The van der Waals surface area contributed by atoms with E-state index in [4.69, 9.17) is 5.73 Å². The van der Waals surface area contributed by atoms with Gasteiger partial charge in [0.25, 0.3) is 0 Å². The molecule has 1 aromatic carbocycles. The van der Waals surface area contributed by atoms with Crippen LogP contribution in [0.1, 0.15) is 51.0 Å². The molecule has 0 radical (unpaired) electrons. The Hall–Kier alpha value is -3.56. The standard InChI is InChI=1S/C20H27N5O3.C6H4F2/c1-12-11-24(7-8-25(12)19(28)20(2)5-6-20)18(27)17(26)23-14-9-15(13-3-4-13)16(21)22-10-14;7-5-3-1-2-4-6(5)8/h9-10,12-13H,3-8,11H2,1-2H3,(H2,21,22)(H,23,26);1-4H. The smallest absolute Gasteiger partial charge is 0.313 e. The van der Waals surface area contributed by atoms with Gasteiger partial charge < -0.3 is 20.9 Å². The first-order valence-electron chi connectivity index (χ1n) is 12.2. The second-order valence-corrected chi connectivity index (χ2v) is 10.0. The van der Waals surface area contributed by atoms with E-state index in [-0.39, 0.29) is 17.4 Å². The number of pyridine rings is 1. The van der Waals surface area contributed by atoms with Gasteiger partial charge in [-0.25, -0.2) is 13.8 Å². The zero-order chi connectivity index (χ0) is 26.0. The highest BCUT2D eigenvalue weighted by Gasteiger charge is 2.48. The Balaban J connectivity index is 0.000000325. The van der Waals surface area contributed by atoms with Gasteiger partial charge in [0, 0.05) is 31.1 Å². The fourth-order valence-corrected chi connectivity index (χ4v) is 4.24. The van der Waals surface area contributed by atoms with Crippen molar-refractivity contribution in [3.63, 3.8) is 0 Å². The summed E-state index contributed by atoms with van der Waals surface area (Å²) in [5.41, 5.74) is 7.09. The number of nitrogen functional groups attached to an aromatic ring is 1. The molecule has 1 saturated heterocycles. The van der Waals surface area contributed by atoms with Crippen LogP contribution in [-0.2, 0) is 14.4 Å². The lowest BCUT2D eigenvalue weighted by Gasteiger charge is -2.40. The molecule has 192 valence electrons. The molecule has 3 amide bonds. The normalized spacial score (nSPS) is 20.2. The number of hydrogen-bond donors (Lipinski definition) is 2. The minimum Gasteiger partial charge on any atom is -0.383 e. The van der Waals surface area contributed by atoms with Gasteiger partial charge >= 0.3 is 11.8 Å². The highest BCUT2D eigenvalue weighted by atomic mass is 19.2. The molecule has 3 fully saturated rings. The number of hydrogen-bond acceptors (Lipinski definition) is 5. The lowest BCUT2D eigenvalue weighted by Crippen LogP contribution is -2.58. The SMILES string of the molecule is CC1CN(C(=O)C(=O)Nc2cnc(N)c(C3CC3)c2)CCN1C(=O)C1(C)CC1.Fc1ccccc1F. The van der Waals surface area contributed by atoms with E-state index in [0.29, 0.717) is 37.1 Å². The predicted octanol–water partition coefficient (Wildman–Crippen LogP) is 3.30. The third kappa shape index (κ3) is 5.80. The molecule has 2 saturated carbocycles. The van der Waals surface area contributed by atoms with E-state index in [1.807, 2.05) is 18.7 Å². The fourth-order valence-electron chi connectivity index (χ4n) is 4.24. The largest absolute Gasteiger partial charge is 0.383 e. The molecule has 0 bridgehead atoms. The number of carbonyl (C=O) groups excluding carboxylic acids is 3. The van der Waals surface area contributed by atoms with E-state index in [0.717, 1.165) is 43.4 Å². The Kier molecular flexibility index (Phi) is 7.23. The van der Waals surface area contributed by atoms with E-state index in [2.05, 4.69) is 10.3 Å². The first-order valence-corrected chi connectivity index (χ1v) is 12.2. The van der Waals surface area contributed by atoms with Gasteiger partial charge in [-0.3, -0.25) is 14.4 Å². The van der Waals surface area contributed by atoms with Gasteiger partial charge in [0.2, 0.25) is 5.91 Å². The van der Waals surface area contributed by atoms with Crippen molar-refractivity contribution in [3.8, 4) is 0 Å². The maximum absolute atomic E-state index is 12.6. The number of halogens is 2. The molecule has 10 heteroatoms. The Bertz CT molecular complexity index is 1150. The summed E-state index contributed by atoms with van der Waals surface area (Å²) >= 11 is 0. The van der Waals surface area contributed by atoms with Crippen LogP contribution in [0.15, 0.2) is 36.5 Å². The first kappa shape index (κ1) is 25.5. The molecule has 2 heterocycles. The zero-order valence-electron chi connectivity index (χ0n) is 20.5. The van der Waals surface area contributed by atoms with Crippen LogP contribution in [0, 0.1) is 17.0 Å². The highest BCUT2D eigenvalue weighted by Crippen LogP contribution is 2.47. The average molecular weight is 500 g/mol. The summed E-state index contributed by atoms with van der Waals surface area (Å²) in [5, 5.41) is 2.64. The van der Waals surface area contributed by atoms with E-state index in [9.17, 15) is 23.2 Å². The van der Waals surface area contributed by atoms with Crippen molar-refractivity contribution in [3.05, 3.63) is 53.7 Å². The number of nitrogens with two attached hydrogens (primary N) is 1. The van der Waals surface area contributed by atoms with Crippen LogP contribution in [0.25, 0.3) is 0 Å². The van der Waals surface area contributed by atoms with Crippen molar-refractivity contribution in [1.82, 2.24) is 14.8 Å². The third-order valence-electron chi connectivity index (χ3n) is 6.94. The number of carbonyl (C=O) groups is 3. The Morgan fingerprint density at radius 3 is 2.28 bits per heavy atom. The summed E-state index contributed by atoms with van der Waals surface area (Å²) in [7, 11) is 0. The molecule has 5 rings (SSSR count). The number of aromatic nitrogens is 1. The molecule has 1 aliphatic heterocycles. The van der Waals surface area contributed by atoms with Crippen molar-refractivity contribution in [2.45, 2.75) is 51.5 Å². The molecule has 36 heavy (non-hydrogen) atoms. The number of anilines is 2. The Morgan fingerprint density at radius 2 is 1.75 bits per heavy atom. The second kappa shape index (κ2) is 10.2. The van der Waals surface area contributed by atoms with Crippen molar-refractivity contribution in [2.75, 3.05) is 30.7 Å². The summed E-state index contributed by atoms with van der Waals surface area (Å²) in [6, 6.07) is 6.75. The van der Waals surface area contributed by atoms with Crippen molar-refractivity contribution < 1.29 is 23.2 Å². The minimum absolute atomic E-state index is 0.102. The molecule has 2 aromatic rings. The maximum atomic E-state index is 12.6. The average Bonchev–Trinajstić information content (AvgIpc) is 3.79. The van der Waals surface area contributed by atoms with Crippen molar-refractivity contribution >= 4 is 29.2 Å². The zero-order valence-corrected chi connectivity index (χ0v) is 20.5. The van der Waals surface area contributed by atoms with E-state index < -0.39 is 23.4 Å². The van der Waals surface area contributed by atoms with Gasteiger partial charge in [0.1, 0.15) is 5.82 Å². The number of nitrogens with zero attached hydrogens (tertiary/aromatic N) is 3. The minimum atomic E-state index is -0.799. The summed E-state index contributed by atoms with van der Waals surface area (Å²) in [6.45, 7) is 5.10. The molecule has 1 unspecified atom stereocenters. The van der Waals surface area contributed by atoms with E-state index in [1.165, 1.54) is 23.2 Å². The van der Waals surface area contributed by atoms with Crippen LogP contribution < -0.4 is 11.1 Å². The third-order valence-corrected chi connectivity index (χ3v) is 6.94. The van der Waals surface area contributed by atoms with E-state index >= 15 is 0 Å². The molecule has 0 spiro atoms. The summed E-state index contributed by atoms with van der Waals surface area (Å²) in [6.07, 6.45) is 5.48. The van der Waals surface area contributed by atoms with Crippen LogP contribution in [-0.4, -0.2) is 58.2 Å². The monoisotopic (exact) mass is 499 g/mol. The van der Waals surface area contributed by atoms with Crippen LogP contribution in [0.4, 0.5) is 20.3 Å². The number of piperazine rings is 1. The first-order chi connectivity index (χ1) is 17.1. The number of amides is 3. The predicted molar refractivity (Wildman–Crippen MR) is 131 cm³/mol. The number of benzene rings is 1. The van der Waals surface area contributed by atoms with Gasteiger partial charge in [-0.1, -0.05) is 19.1 Å². The fraction of sp³-hybridized carbons (Fsp3) is 0.462. The molecule has 8 nitrogen and oxygen atoms in total. The Labute approximate surface area is 208 Å². The molecule has 3 aliphatic rings.